The molecule has 110 valence electrons. The lowest BCUT2D eigenvalue weighted by atomic mass is 10.1. The largest absolute Gasteiger partial charge is 0.465 e. The van der Waals surface area contributed by atoms with Crippen LogP contribution >= 0.6 is 11.3 Å². The number of thiazole rings is 1. The van der Waals surface area contributed by atoms with Crippen molar-refractivity contribution in [2.75, 3.05) is 7.11 Å². The number of hydrogen-bond donors (Lipinski definition) is 0. The first-order chi connectivity index (χ1) is 10.7. The highest BCUT2D eigenvalue weighted by molar-refractivity contribution is 7.19. The van der Waals surface area contributed by atoms with E-state index in [1.54, 1.807) is 24.3 Å². The average molecular weight is 313 g/mol. The van der Waals surface area contributed by atoms with Crippen LogP contribution in [0.5, 0.6) is 0 Å². The molecule has 2 aromatic carbocycles. The standard InChI is InChI=1S/C17H12FNO2S/c1-21-17(20)12-4-2-3-11(9-12)5-8-16-19-14-10-13(18)6-7-15(14)22-16/h2-10H,1H3. The minimum absolute atomic E-state index is 0.292. The molecule has 0 spiro atoms. The van der Waals surface area contributed by atoms with Gasteiger partial charge in [0.05, 0.1) is 22.9 Å². The van der Waals surface area contributed by atoms with Gasteiger partial charge in [-0.15, -0.1) is 11.3 Å². The van der Waals surface area contributed by atoms with Crippen molar-refractivity contribution in [1.29, 1.82) is 0 Å². The molecule has 0 unspecified atom stereocenters. The van der Waals surface area contributed by atoms with Crippen LogP contribution in [0.1, 0.15) is 20.9 Å². The minimum Gasteiger partial charge on any atom is -0.465 e. The van der Waals surface area contributed by atoms with Crippen LogP contribution in [-0.4, -0.2) is 18.1 Å². The van der Waals surface area contributed by atoms with Gasteiger partial charge in [0.1, 0.15) is 10.8 Å². The normalized spacial score (nSPS) is 11.2. The fraction of sp³-hybridized carbons (Fsp3) is 0.0588. The van der Waals surface area contributed by atoms with Crippen molar-refractivity contribution in [3.05, 3.63) is 64.4 Å². The van der Waals surface area contributed by atoms with Crippen LogP contribution in [0, 0.1) is 5.82 Å². The molecule has 0 aliphatic carbocycles. The van der Waals surface area contributed by atoms with E-state index in [0.29, 0.717) is 11.1 Å². The van der Waals surface area contributed by atoms with Crippen molar-refractivity contribution >= 4 is 39.7 Å². The van der Waals surface area contributed by atoms with Gasteiger partial charge in [-0.1, -0.05) is 18.2 Å². The van der Waals surface area contributed by atoms with E-state index in [2.05, 4.69) is 4.98 Å². The third-order valence-corrected chi connectivity index (χ3v) is 4.09. The Kier molecular flexibility index (Phi) is 3.98. The molecule has 1 heterocycles. The van der Waals surface area contributed by atoms with Gasteiger partial charge >= 0.3 is 5.97 Å². The molecule has 22 heavy (non-hydrogen) atoms. The van der Waals surface area contributed by atoms with E-state index < -0.39 is 0 Å². The third-order valence-electron chi connectivity index (χ3n) is 3.09. The number of aromatic nitrogens is 1. The summed E-state index contributed by atoms with van der Waals surface area (Å²) in [5.41, 5.74) is 2.01. The van der Waals surface area contributed by atoms with Crippen LogP contribution in [-0.2, 0) is 4.74 Å². The van der Waals surface area contributed by atoms with Crippen LogP contribution in [0.4, 0.5) is 4.39 Å². The molecule has 1 aromatic heterocycles. The number of carbonyl (C=O) groups is 1. The van der Waals surface area contributed by atoms with E-state index >= 15 is 0 Å². The van der Waals surface area contributed by atoms with Crippen molar-refractivity contribution in [1.82, 2.24) is 4.98 Å². The van der Waals surface area contributed by atoms with E-state index in [1.165, 1.54) is 30.6 Å². The van der Waals surface area contributed by atoms with Crippen molar-refractivity contribution in [2.24, 2.45) is 0 Å². The average Bonchev–Trinajstić information content (AvgIpc) is 2.94. The SMILES string of the molecule is COC(=O)c1cccc(C=Cc2nc3cc(F)ccc3s2)c1. The molecular weight excluding hydrogens is 301 g/mol. The Bertz CT molecular complexity index is 870. The van der Waals surface area contributed by atoms with Gasteiger partial charge in [-0.2, -0.15) is 0 Å². The van der Waals surface area contributed by atoms with Gasteiger partial charge in [0.25, 0.3) is 0 Å². The fourth-order valence-electron chi connectivity index (χ4n) is 2.04. The van der Waals surface area contributed by atoms with Gasteiger partial charge in [-0.3, -0.25) is 0 Å². The first kappa shape index (κ1) is 14.4. The zero-order chi connectivity index (χ0) is 15.5. The Hall–Kier alpha value is -2.53. The Balaban J connectivity index is 1.87. The fourth-order valence-corrected chi connectivity index (χ4v) is 2.89. The molecule has 3 rings (SSSR count). The van der Waals surface area contributed by atoms with Gasteiger partial charge in [-0.25, -0.2) is 14.2 Å². The number of ether oxygens (including phenoxy) is 1. The van der Waals surface area contributed by atoms with Gasteiger partial charge in [-0.05, 0) is 35.9 Å². The molecular formula is C17H12FNO2S. The molecule has 0 amide bonds. The molecule has 0 saturated heterocycles. The van der Waals surface area contributed by atoms with Crippen LogP contribution < -0.4 is 0 Å². The topological polar surface area (TPSA) is 39.2 Å². The summed E-state index contributed by atoms with van der Waals surface area (Å²) in [6, 6.07) is 11.7. The second-order valence-corrected chi connectivity index (χ2v) is 5.68. The summed E-state index contributed by atoms with van der Waals surface area (Å²) in [5, 5.41) is 0.782. The number of carbonyl (C=O) groups excluding carboxylic acids is 1. The third kappa shape index (κ3) is 3.04. The van der Waals surface area contributed by atoms with Crippen molar-refractivity contribution in [3.8, 4) is 0 Å². The van der Waals surface area contributed by atoms with Crippen LogP contribution in [0.3, 0.4) is 0 Å². The zero-order valence-corrected chi connectivity index (χ0v) is 12.6. The van der Waals surface area contributed by atoms with Crippen LogP contribution in [0.2, 0.25) is 0 Å². The Morgan fingerprint density at radius 3 is 2.91 bits per heavy atom. The van der Waals surface area contributed by atoms with Gasteiger partial charge in [0, 0.05) is 6.07 Å². The second kappa shape index (κ2) is 6.07. The number of methoxy groups -OCH3 is 1. The van der Waals surface area contributed by atoms with Crippen LogP contribution in [0.25, 0.3) is 22.4 Å². The summed E-state index contributed by atoms with van der Waals surface area (Å²) in [6.45, 7) is 0. The molecule has 0 N–H and O–H groups in total. The number of rotatable bonds is 3. The number of fused-ring (bicyclic) bond motifs is 1. The minimum atomic E-state index is -0.370. The first-order valence-corrected chi connectivity index (χ1v) is 7.40. The first-order valence-electron chi connectivity index (χ1n) is 6.58. The van der Waals surface area contributed by atoms with Gasteiger partial charge < -0.3 is 4.74 Å². The maximum Gasteiger partial charge on any atom is 0.337 e. The highest BCUT2D eigenvalue weighted by atomic mass is 32.1. The lowest BCUT2D eigenvalue weighted by molar-refractivity contribution is 0.0600. The van der Waals surface area contributed by atoms with Gasteiger partial charge in [0.15, 0.2) is 0 Å². The quantitative estimate of drug-likeness (QED) is 0.673. The predicted molar refractivity (Wildman–Crippen MR) is 86.3 cm³/mol. The molecule has 0 saturated carbocycles. The second-order valence-electron chi connectivity index (χ2n) is 4.61. The number of hydrogen-bond acceptors (Lipinski definition) is 4. The number of nitrogens with zero attached hydrogens (tertiary/aromatic N) is 1. The van der Waals surface area contributed by atoms with E-state index in [-0.39, 0.29) is 11.8 Å². The molecule has 0 atom stereocenters. The molecule has 0 bridgehead atoms. The summed E-state index contributed by atoms with van der Waals surface area (Å²) >= 11 is 1.48. The van der Waals surface area contributed by atoms with Crippen molar-refractivity contribution in [2.45, 2.75) is 0 Å². The lowest BCUT2D eigenvalue weighted by Crippen LogP contribution is -2.00. The highest BCUT2D eigenvalue weighted by Gasteiger charge is 2.05. The highest BCUT2D eigenvalue weighted by Crippen LogP contribution is 2.24. The van der Waals surface area contributed by atoms with E-state index in [0.717, 1.165) is 15.3 Å². The number of esters is 1. The Morgan fingerprint density at radius 1 is 1.23 bits per heavy atom. The lowest BCUT2D eigenvalue weighted by Gasteiger charge is -1.99. The summed E-state index contributed by atoms with van der Waals surface area (Å²) < 4.78 is 18.8. The van der Waals surface area contributed by atoms with E-state index in [4.69, 9.17) is 4.74 Å². The van der Waals surface area contributed by atoms with Crippen LogP contribution in [0.15, 0.2) is 42.5 Å². The molecule has 5 heteroatoms. The summed E-state index contributed by atoms with van der Waals surface area (Å²) in [4.78, 5) is 15.9. The van der Waals surface area contributed by atoms with Crippen molar-refractivity contribution < 1.29 is 13.9 Å². The molecule has 0 radical (unpaired) electrons. The smallest absolute Gasteiger partial charge is 0.337 e. The molecule has 3 aromatic rings. The Morgan fingerprint density at radius 2 is 2.09 bits per heavy atom. The van der Waals surface area contributed by atoms with Crippen molar-refractivity contribution in [3.63, 3.8) is 0 Å². The Labute approximate surface area is 130 Å². The summed E-state index contributed by atoms with van der Waals surface area (Å²) in [5.74, 6) is -0.662. The monoisotopic (exact) mass is 313 g/mol. The maximum atomic E-state index is 13.2. The van der Waals surface area contributed by atoms with E-state index in [1.807, 2.05) is 18.2 Å². The summed E-state index contributed by atoms with van der Waals surface area (Å²) in [7, 11) is 1.35. The molecule has 0 fully saturated rings. The van der Waals surface area contributed by atoms with Gasteiger partial charge in [0.2, 0.25) is 0 Å². The predicted octanol–water partition coefficient (Wildman–Crippen LogP) is 4.39. The number of benzene rings is 2. The van der Waals surface area contributed by atoms with E-state index in [9.17, 15) is 9.18 Å². The molecule has 0 aliphatic heterocycles. The maximum absolute atomic E-state index is 13.2. The number of halogens is 1. The summed E-state index contributed by atoms with van der Waals surface area (Å²) in [6.07, 6.45) is 3.71. The molecule has 3 nitrogen and oxygen atoms in total. The molecule has 0 aliphatic rings. The zero-order valence-electron chi connectivity index (χ0n) is 11.7.